The van der Waals surface area contributed by atoms with E-state index >= 15 is 0 Å². The Morgan fingerprint density at radius 2 is 1.19 bits per heavy atom. The average Bonchev–Trinajstić information content (AvgIpc) is 3.03. The van der Waals surface area contributed by atoms with Gasteiger partial charge in [0.2, 0.25) is 0 Å². The van der Waals surface area contributed by atoms with Crippen LogP contribution in [0, 0.1) is 0 Å². The van der Waals surface area contributed by atoms with Crippen LogP contribution in [0.15, 0.2) is 60.7 Å². The van der Waals surface area contributed by atoms with Crippen LogP contribution in [0.25, 0.3) is 0 Å². The normalized spacial score (nSPS) is 27.3. The van der Waals surface area contributed by atoms with E-state index in [-0.39, 0.29) is 25.7 Å². The van der Waals surface area contributed by atoms with Crippen molar-refractivity contribution in [1.82, 2.24) is 0 Å². The molecule has 0 spiro atoms. The Morgan fingerprint density at radius 1 is 0.766 bits per heavy atom. The fourth-order valence-corrected chi connectivity index (χ4v) is 8.24. The van der Waals surface area contributed by atoms with Crippen molar-refractivity contribution >= 4 is 29.7 Å². The molecule has 9 nitrogen and oxygen atoms in total. The number of hydrogen-bond donors (Lipinski definition) is 4. The number of cyclic esters (lactones) is 2. The molecule has 2 aliphatic rings. The molecule has 2 fully saturated rings. The smallest absolute Gasteiger partial charge is 0.309 e. The van der Waals surface area contributed by atoms with E-state index < -0.39 is 65.2 Å². The highest BCUT2D eigenvalue weighted by Crippen LogP contribution is 2.43. The van der Waals surface area contributed by atoms with Gasteiger partial charge in [0.25, 0.3) is 0 Å². The van der Waals surface area contributed by atoms with Gasteiger partial charge in [-0.1, -0.05) is 87.4 Å². The van der Waals surface area contributed by atoms with Crippen LogP contribution in [-0.2, 0) is 34.7 Å². The van der Waals surface area contributed by atoms with Gasteiger partial charge in [-0.2, -0.15) is 11.8 Å². The van der Waals surface area contributed by atoms with E-state index in [9.17, 15) is 34.8 Å². The van der Waals surface area contributed by atoms with Gasteiger partial charge in [0.15, 0.2) is 0 Å². The molecule has 2 aromatic carbocycles. The molecule has 4 rings (SSSR count). The van der Waals surface area contributed by atoms with E-state index in [1.54, 1.807) is 0 Å². The molecule has 0 radical (unpaired) electrons. The zero-order valence-electron chi connectivity index (χ0n) is 27.6. The quantitative estimate of drug-likeness (QED) is 0.129. The molecule has 0 amide bonds. The molecule has 0 saturated carbocycles. The molecule has 6 atom stereocenters. The van der Waals surface area contributed by atoms with Crippen LogP contribution < -0.4 is 0 Å². The van der Waals surface area contributed by atoms with Crippen LogP contribution in [0.5, 0.6) is 0 Å². The van der Waals surface area contributed by atoms with Gasteiger partial charge in [-0.15, -0.1) is 0 Å². The Balaban J connectivity index is 1.29. The van der Waals surface area contributed by atoms with Crippen molar-refractivity contribution in [3.8, 4) is 0 Å². The lowest BCUT2D eigenvalue weighted by atomic mass is 9.69. The van der Waals surface area contributed by atoms with E-state index in [1.165, 1.54) is 0 Å². The third-order valence-electron chi connectivity index (χ3n) is 10.2. The number of aliphatic carboxylic acids is 1. The largest absolute Gasteiger partial charge is 0.481 e. The maximum absolute atomic E-state index is 12.5. The Hall–Kier alpha value is -2.92. The molecule has 2 aromatic rings. The summed E-state index contributed by atoms with van der Waals surface area (Å²) in [5.74, 6) is -0.282. The molecular formula is C37H50O9S. The predicted octanol–water partition coefficient (Wildman–Crippen LogP) is 5.32. The Bertz CT molecular complexity index is 1340. The molecule has 0 aliphatic carbocycles. The van der Waals surface area contributed by atoms with E-state index in [4.69, 9.17) is 9.47 Å². The number of carbonyl (C=O) groups excluding carboxylic acids is 2. The van der Waals surface area contributed by atoms with E-state index in [2.05, 4.69) is 6.92 Å². The first-order valence-corrected chi connectivity index (χ1v) is 17.8. The van der Waals surface area contributed by atoms with Crippen molar-refractivity contribution in [3.05, 3.63) is 71.8 Å². The number of ether oxygens (including phenoxy) is 2. The molecule has 258 valence electrons. The molecule has 2 aliphatic heterocycles. The number of rotatable bonds is 17. The Morgan fingerprint density at radius 3 is 1.62 bits per heavy atom. The van der Waals surface area contributed by atoms with Crippen molar-refractivity contribution in [2.45, 2.75) is 119 Å². The van der Waals surface area contributed by atoms with E-state index in [0.29, 0.717) is 6.42 Å². The summed E-state index contributed by atoms with van der Waals surface area (Å²) >= 11 is 1.88. The number of carbonyl (C=O) groups is 3. The number of unbranched alkanes of at least 4 members (excludes halogenated alkanes) is 2. The lowest BCUT2D eigenvalue weighted by Crippen LogP contribution is -2.52. The molecule has 6 unspecified atom stereocenters. The summed E-state index contributed by atoms with van der Waals surface area (Å²) in [5, 5.41) is 40.9. The van der Waals surface area contributed by atoms with Gasteiger partial charge >= 0.3 is 17.9 Å². The third-order valence-corrected chi connectivity index (χ3v) is 11.3. The van der Waals surface area contributed by atoms with Crippen LogP contribution >= 0.6 is 11.8 Å². The van der Waals surface area contributed by atoms with Gasteiger partial charge < -0.3 is 29.9 Å². The van der Waals surface area contributed by atoms with Crippen molar-refractivity contribution in [3.63, 3.8) is 0 Å². The number of hydrogen-bond acceptors (Lipinski definition) is 9. The van der Waals surface area contributed by atoms with E-state index in [1.807, 2.05) is 79.3 Å². The zero-order chi connectivity index (χ0) is 34.1. The minimum absolute atomic E-state index is 0.0758. The fourth-order valence-electron chi connectivity index (χ4n) is 7.22. The van der Waals surface area contributed by atoms with Crippen LogP contribution in [0.3, 0.4) is 0 Å². The molecule has 2 saturated heterocycles. The first-order valence-electron chi connectivity index (χ1n) is 16.7. The number of aliphatic hydroxyl groups excluding tert-OH is 1. The van der Waals surface area contributed by atoms with Crippen molar-refractivity contribution in [1.29, 1.82) is 0 Å². The minimum atomic E-state index is -1.63. The second-order valence-electron chi connectivity index (χ2n) is 14.0. The second-order valence-corrected chi connectivity index (χ2v) is 15.2. The van der Waals surface area contributed by atoms with Crippen LogP contribution in [0.1, 0.15) is 95.6 Å². The van der Waals surface area contributed by atoms with Gasteiger partial charge in [-0.3, -0.25) is 14.4 Å². The molecule has 4 N–H and O–H groups in total. The zero-order valence-corrected chi connectivity index (χ0v) is 28.4. The summed E-state index contributed by atoms with van der Waals surface area (Å²) in [6.07, 6.45) is 3.24. The second kappa shape index (κ2) is 16.0. The number of benzene rings is 2. The van der Waals surface area contributed by atoms with Gasteiger partial charge in [0.1, 0.15) is 17.8 Å². The lowest BCUT2D eigenvalue weighted by Gasteiger charge is -2.44. The first-order chi connectivity index (χ1) is 22.3. The number of esters is 2. The summed E-state index contributed by atoms with van der Waals surface area (Å²) in [4.78, 5) is 36.3. The number of thioether (sulfide) groups is 1. The van der Waals surface area contributed by atoms with Gasteiger partial charge in [-0.25, -0.2) is 0 Å². The van der Waals surface area contributed by atoms with Crippen molar-refractivity contribution in [2.24, 2.45) is 0 Å². The van der Waals surface area contributed by atoms with E-state index in [0.717, 1.165) is 54.7 Å². The molecule has 2 heterocycles. The van der Waals surface area contributed by atoms with Crippen LogP contribution in [0.2, 0.25) is 0 Å². The Kier molecular flexibility index (Phi) is 12.6. The Labute approximate surface area is 282 Å². The summed E-state index contributed by atoms with van der Waals surface area (Å²) < 4.78 is 11.6. The predicted molar refractivity (Wildman–Crippen MR) is 180 cm³/mol. The SMILES string of the molecule is CC(CCCCSCCCCC(C)(c1ccccc1)C1CC(O)(CC(=O)O)CC(=O)O1)(c1ccccc1)C1CC(O)(CO)CC(=O)O1. The molecule has 0 aromatic heterocycles. The summed E-state index contributed by atoms with van der Waals surface area (Å²) in [6, 6.07) is 19.7. The van der Waals surface area contributed by atoms with Gasteiger partial charge in [-0.05, 0) is 48.3 Å². The number of aliphatic hydroxyl groups is 3. The van der Waals surface area contributed by atoms with Crippen LogP contribution in [-0.4, -0.2) is 79.9 Å². The number of carboxylic acids is 1. The third kappa shape index (κ3) is 9.59. The average molecular weight is 671 g/mol. The monoisotopic (exact) mass is 670 g/mol. The highest BCUT2D eigenvalue weighted by atomic mass is 32.2. The molecule has 0 bridgehead atoms. The maximum Gasteiger partial charge on any atom is 0.309 e. The fraction of sp³-hybridized carbons (Fsp3) is 0.595. The highest BCUT2D eigenvalue weighted by molar-refractivity contribution is 7.99. The minimum Gasteiger partial charge on any atom is -0.481 e. The highest BCUT2D eigenvalue weighted by Gasteiger charge is 2.49. The molecule has 10 heteroatoms. The number of carboxylic acid groups (broad SMARTS) is 1. The van der Waals surface area contributed by atoms with Crippen LogP contribution in [0.4, 0.5) is 0 Å². The molecule has 47 heavy (non-hydrogen) atoms. The van der Waals surface area contributed by atoms with Crippen molar-refractivity contribution < 1.29 is 44.3 Å². The lowest BCUT2D eigenvalue weighted by molar-refractivity contribution is -0.182. The summed E-state index contributed by atoms with van der Waals surface area (Å²) in [6.45, 7) is 3.63. The summed E-state index contributed by atoms with van der Waals surface area (Å²) in [5.41, 5.74) is -2.16. The maximum atomic E-state index is 12.5. The summed E-state index contributed by atoms with van der Waals surface area (Å²) in [7, 11) is 0. The van der Waals surface area contributed by atoms with Crippen molar-refractivity contribution in [2.75, 3.05) is 18.1 Å². The molecular weight excluding hydrogens is 620 g/mol. The standard InChI is InChI=1S/C37H50O9S/c1-34(27-13-5-3-6-14-27,29-21-36(43,23-31(39)40)24-32(41)45-29)17-9-11-19-47-20-12-10-18-35(2,28-15-7-4-8-16-28)30-22-37(44,26-38)25-33(42)46-30/h3-8,13-16,29-30,38,43-44H,9-12,17-26H2,1-2H3,(H,39,40). The van der Waals surface area contributed by atoms with Gasteiger partial charge in [0.05, 0.1) is 31.5 Å². The van der Waals surface area contributed by atoms with Gasteiger partial charge in [0, 0.05) is 23.7 Å². The topological polar surface area (TPSA) is 151 Å². The first kappa shape index (κ1) is 36.9.